The van der Waals surface area contributed by atoms with Gasteiger partial charge in [-0.15, -0.1) is 24.0 Å². The Morgan fingerprint density at radius 3 is 2.77 bits per heavy atom. The molecular formula is C22H28IN3O4. The van der Waals surface area contributed by atoms with Crippen LogP contribution >= 0.6 is 24.0 Å². The van der Waals surface area contributed by atoms with Gasteiger partial charge in [0.2, 0.25) is 0 Å². The molecule has 2 aliphatic rings. The van der Waals surface area contributed by atoms with Gasteiger partial charge in [0.05, 0.1) is 26.4 Å². The molecule has 0 aromatic heterocycles. The Labute approximate surface area is 194 Å². The largest absolute Gasteiger partial charge is 0.494 e. The standard InChI is InChI=1S/C22H27N3O4.HI/c1-3-26-19-10-15-9-14(2)29-20(15)11-16(19)13-24-22(23)25-17-5-6-18-21(12-17)28-8-4-7-27-18;/h5-6,10-12,14H,3-4,7-9,13H2,1-2H3,(H3,23,24,25);1H. The smallest absolute Gasteiger partial charge is 0.193 e. The zero-order chi connectivity index (χ0) is 20.2. The average Bonchev–Trinajstić information content (AvgIpc) is 2.90. The average molecular weight is 525 g/mol. The number of nitrogens with one attached hydrogen (secondary N) is 1. The second-order valence-corrected chi connectivity index (χ2v) is 7.17. The number of ether oxygens (including phenoxy) is 4. The third kappa shape index (κ3) is 5.21. The van der Waals surface area contributed by atoms with Crippen molar-refractivity contribution < 1.29 is 18.9 Å². The van der Waals surface area contributed by atoms with E-state index in [-0.39, 0.29) is 30.1 Å². The lowest BCUT2D eigenvalue weighted by molar-refractivity contribution is 0.254. The summed E-state index contributed by atoms with van der Waals surface area (Å²) in [5, 5.41) is 3.11. The van der Waals surface area contributed by atoms with E-state index in [4.69, 9.17) is 24.7 Å². The summed E-state index contributed by atoms with van der Waals surface area (Å²) >= 11 is 0. The zero-order valence-electron chi connectivity index (χ0n) is 17.3. The van der Waals surface area contributed by atoms with Gasteiger partial charge in [0.25, 0.3) is 0 Å². The van der Waals surface area contributed by atoms with Gasteiger partial charge in [-0.1, -0.05) is 0 Å². The van der Waals surface area contributed by atoms with Crippen molar-refractivity contribution in [2.24, 2.45) is 10.7 Å². The maximum Gasteiger partial charge on any atom is 0.193 e. The van der Waals surface area contributed by atoms with Gasteiger partial charge in [-0.25, -0.2) is 4.99 Å². The Bertz CT molecular complexity index is 919. The lowest BCUT2D eigenvalue weighted by Crippen LogP contribution is -2.22. The van der Waals surface area contributed by atoms with Gasteiger partial charge < -0.3 is 30.0 Å². The number of nitrogens with two attached hydrogens (primary N) is 1. The predicted molar refractivity (Wildman–Crippen MR) is 128 cm³/mol. The summed E-state index contributed by atoms with van der Waals surface area (Å²) < 4.78 is 23.0. The first-order valence-corrected chi connectivity index (χ1v) is 10.0. The van der Waals surface area contributed by atoms with Crippen molar-refractivity contribution in [1.29, 1.82) is 0 Å². The van der Waals surface area contributed by atoms with Crippen LogP contribution in [0.4, 0.5) is 5.69 Å². The molecule has 2 heterocycles. The number of hydrogen-bond donors (Lipinski definition) is 2. The molecule has 8 heteroatoms. The Morgan fingerprint density at radius 2 is 1.97 bits per heavy atom. The Balaban J connectivity index is 0.00000256. The summed E-state index contributed by atoms with van der Waals surface area (Å²) in [7, 11) is 0. The highest BCUT2D eigenvalue weighted by Crippen LogP contribution is 2.35. The van der Waals surface area contributed by atoms with Crippen LogP contribution in [-0.4, -0.2) is 31.9 Å². The molecule has 1 unspecified atom stereocenters. The predicted octanol–water partition coefficient (Wildman–Crippen LogP) is 4.11. The minimum atomic E-state index is 0. The third-order valence-corrected chi connectivity index (χ3v) is 4.82. The van der Waals surface area contributed by atoms with E-state index in [1.807, 2.05) is 31.2 Å². The molecule has 0 spiro atoms. The second kappa shape index (κ2) is 10.1. The van der Waals surface area contributed by atoms with Crippen molar-refractivity contribution in [1.82, 2.24) is 0 Å². The van der Waals surface area contributed by atoms with Crippen LogP contribution in [-0.2, 0) is 13.0 Å². The Hall–Kier alpha value is -2.36. The lowest BCUT2D eigenvalue weighted by Gasteiger charge is -2.12. The van der Waals surface area contributed by atoms with Crippen LogP contribution in [0.3, 0.4) is 0 Å². The van der Waals surface area contributed by atoms with Crippen molar-refractivity contribution in [2.45, 2.75) is 39.3 Å². The van der Waals surface area contributed by atoms with Gasteiger partial charge in [-0.05, 0) is 38.1 Å². The molecule has 30 heavy (non-hydrogen) atoms. The number of fused-ring (bicyclic) bond motifs is 2. The molecule has 0 aliphatic carbocycles. The molecule has 2 aliphatic heterocycles. The monoisotopic (exact) mass is 525 g/mol. The molecule has 0 radical (unpaired) electrons. The molecule has 162 valence electrons. The highest BCUT2D eigenvalue weighted by Gasteiger charge is 2.21. The summed E-state index contributed by atoms with van der Waals surface area (Å²) in [4.78, 5) is 4.48. The highest BCUT2D eigenvalue weighted by molar-refractivity contribution is 14.0. The number of rotatable bonds is 5. The summed E-state index contributed by atoms with van der Waals surface area (Å²) in [5.74, 6) is 3.51. The number of benzene rings is 2. The maximum absolute atomic E-state index is 6.11. The van der Waals surface area contributed by atoms with Gasteiger partial charge in [0, 0.05) is 35.7 Å². The summed E-state index contributed by atoms with van der Waals surface area (Å²) in [6.07, 6.45) is 1.95. The zero-order valence-corrected chi connectivity index (χ0v) is 19.6. The topological polar surface area (TPSA) is 87.3 Å². The summed E-state index contributed by atoms with van der Waals surface area (Å²) in [6.45, 7) is 6.32. The molecule has 0 bridgehead atoms. The molecule has 0 fully saturated rings. The van der Waals surface area contributed by atoms with E-state index in [2.05, 4.69) is 23.3 Å². The normalized spacial score (nSPS) is 17.3. The third-order valence-electron chi connectivity index (χ3n) is 4.82. The Morgan fingerprint density at radius 1 is 1.17 bits per heavy atom. The minimum Gasteiger partial charge on any atom is -0.494 e. The first-order valence-electron chi connectivity index (χ1n) is 10.0. The number of halogens is 1. The fourth-order valence-corrected chi connectivity index (χ4v) is 3.49. The molecule has 2 aromatic rings. The van der Waals surface area contributed by atoms with Crippen molar-refractivity contribution in [3.05, 3.63) is 41.5 Å². The fraction of sp³-hybridized carbons (Fsp3) is 0.409. The van der Waals surface area contributed by atoms with Crippen LogP contribution in [0.1, 0.15) is 31.4 Å². The van der Waals surface area contributed by atoms with Crippen LogP contribution in [0.2, 0.25) is 0 Å². The van der Waals surface area contributed by atoms with Gasteiger partial charge in [0.1, 0.15) is 17.6 Å². The van der Waals surface area contributed by atoms with Crippen molar-refractivity contribution in [3.8, 4) is 23.0 Å². The number of guanidine groups is 1. The number of hydrogen-bond acceptors (Lipinski definition) is 5. The maximum atomic E-state index is 6.11. The van der Waals surface area contributed by atoms with Crippen LogP contribution in [0.5, 0.6) is 23.0 Å². The van der Waals surface area contributed by atoms with E-state index in [9.17, 15) is 0 Å². The first-order chi connectivity index (χ1) is 14.1. The molecule has 4 rings (SSSR count). The molecule has 0 amide bonds. The van der Waals surface area contributed by atoms with E-state index in [1.165, 1.54) is 5.56 Å². The van der Waals surface area contributed by atoms with Crippen molar-refractivity contribution in [3.63, 3.8) is 0 Å². The molecule has 2 aromatic carbocycles. The van der Waals surface area contributed by atoms with E-state index in [0.29, 0.717) is 38.1 Å². The van der Waals surface area contributed by atoms with Crippen LogP contribution < -0.4 is 30.0 Å². The summed E-state index contributed by atoms with van der Waals surface area (Å²) in [6, 6.07) is 9.71. The minimum absolute atomic E-state index is 0. The lowest BCUT2D eigenvalue weighted by atomic mass is 10.1. The fourth-order valence-electron chi connectivity index (χ4n) is 3.49. The molecule has 3 N–H and O–H groups in total. The van der Waals surface area contributed by atoms with Gasteiger partial charge >= 0.3 is 0 Å². The van der Waals surface area contributed by atoms with Gasteiger partial charge in [-0.2, -0.15) is 0 Å². The SMILES string of the molecule is CCOc1cc2c(cc1CN=C(N)Nc1ccc3c(c1)OCCCO3)OC(C)C2.I. The highest BCUT2D eigenvalue weighted by atomic mass is 127. The van der Waals surface area contributed by atoms with Crippen molar-refractivity contribution in [2.75, 3.05) is 25.1 Å². The van der Waals surface area contributed by atoms with Crippen LogP contribution in [0.25, 0.3) is 0 Å². The van der Waals surface area contributed by atoms with E-state index in [1.54, 1.807) is 0 Å². The number of anilines is 1. The molecule has 7 nitrogen and oxygen atoms in total. The Kier molecular flexibility index (Phi) is 7.52. The number of aliphatic imine (C=N–C) groups is 1. The first kappa shape index (κ1) is 22.3. The van der Waals surface area contributed by atoms with Crippen molar-refractivity contribution >= 4 is 35.6 Å². The molecular weight excluding hydrogens is 497 g/mol. The molecule has 0 saturated carbocycles. The summed E-state index contributed by atoms with van der Waals surface area (Å²) in [5.41, 5.74) is 9.03. The van der Waals surface area contributed by atoms with E-state index >= 15 is 0 Å². The van der Waals surface area contributed by atoms with Gasteiger partial charge in [-0.3, -0.25) is 0 Å². The second-order valence-electron chi connectivity index (χ2n) is 7.17. The number of nitrogens with zero attached hydrogens (tertiary/aromatic N) is 1. The van der Waals surface area contributed by atoms with E-state index in [0.717, 1.165) is 41.3 Å². The van der Waals surface area contributed by atoms with Crippen LogP contribution in [0, 0.1) is 0 Å². The molecule has 0 saturated heterocycles. The van der Waals surface area contributed by atoms with Gasteiger partial charge in [0.15, 0.2) is 17.5 Å². The van der Waals surface area contributed by atoms with E-state index < -0.39 is 0 Å². The molecule has 1 atom stereocenters. The van der Waals surface area contributed by atoms with Crippen LogP contribution in [0.15, 0.2) is 35.3 Å². The quantitative estimate of drug-likeness (QED) is 0.347.